The maximum Gasteiger partial charge on any atom is 0.343 e. The van der Waals surface area contributed by atoms with Crippen LogP contribution < -0.4 is 18.9 Å². The Morgan fingerprint density at radius 1 is 0.652 bits per heavy atom. The Morgan fingerprint density at radius 2 is 1.26 bits per heavy atom. The number of carbonyl (C=O) groups is 2. The summed E-state index contributed by atoms with van der Waals surface area (Å²) in [5.41, 5.74) is 4.20. The second-order valence-corrected chi connectivity index (χ2v) is 10.9. The van der Waals surface area contributed by atoms with Gasteiger partial charge in [0.25, 0.3) is 0 Å². The van der Waals surface area contributed by atoms with Gasteiger partial charge >= 0.3 is 5.97 Å². The molecule has 0 atom stereocenters. The summed E-state index contributed by atoms with van der Waals surface area (Å²) in [4.78, 5) is 27.4. The Labute approximate surface area is 268 Å². The third-order valence-electron chi connectivity index (χ3n) is 7.50. The second kappa shape index (κ2) is 15.1. The zero-order chi connectivity index (χ0) is 31.6. The summed E-state index contributed by atoms with van der Waals surface area (Å²) in [6.07, 6.45) is 1.68. The van der Waals surface area contributed by atoms with Gasteiger partial charge in [-0.1, -0.05) is 91.0 Å². The van der Waals surface area contributed by atoms with Gasteiger partial charge in [-0.3, -0.25) is 4.79 Å². The fourth-order valence-corrected chi connectivity index (χ4v) is 5.15. The van der Waals surface area contributed by atoms with Crippen LogP contribution in [0, 0.1) is 0 Å². The molecule has 0 amide bonds. The summed E-state index contributed by atoms with van der Waals surface area (Å²) in [6.45, 7) is 1.10. The fourth-order valence-electron chi connectivity index (χ4n) is 5.15. The van der Waals surface area contributed by atoms with Crippen molar-refractivity contribution >= 4 is 11.8 Å². The summed E-state index contributed by atoms with van der Waals surface area (Å²) in [5, 5.41) is 0. The van der Waals surface area contributed by atoms with Crippen LogP contribution in [-0.2, 0) is 31.0 Å². The van der Waals surface area contributed by atoms with Crippen LogP contribution in [0.4, 0.5) is 0 Å². The van der Waals surface area contributed by atoms with Gasteiger partial charge < -0.3 is 23.7 Å². The van der Waals surface area contributed by atoms with E-state index in [-0.39, 0.29) is 43.5 Å². The molecule has 0 fully saturated rings. The van der Waals surface area contributed by atoms with Crippen molar-refractivity contribution in [2.45, 2.75) is 32.7 Å². The first kappa shape index (κ1) is 30.6. The van der Waals surface area contributed by atoms with Gasteiger partial charge in [-0.25, -0.2) is 4.79 Å². The SMILES string of the molecule is O=C(Oc1cc(OCc2ccccc2)cc(OCc2ccccc2)c1C(=O)COCc1ccccc1)c1ccc2c(c1)CCCO2. The molecule has 0 spiro atoms. The molecule has 1 aliphatic heterocycles. The number of rotatable bonds is 13. The first-order chi connectivity index (χ1) is 22.6. The first-order valence-electron chi connectivity index (χ1n) is 15.3. The number of esters is 1. The van der Waals surface area contributed by atoms with Gasteiger partial charge in [0, 0.05) is 12.1 Å². The van der Waals surface area contributed by atoms with Crippen LogP contribution in [0.2, 0.25) is 0 Å². The van der Waals surface area contributed by atoms with Gasteiger partial charge in [-0.05, 0) is 53.3 Å². The lowest BCUT2D eigenvalue weighted by Gasteiger charge is -2.19. The van der Waals surface area contributed by atoms with Crippen LogP contribution >= 0.6 is 0 Å². The van der Waals surface area contributed by atoms with E-state index >= 15 is 0 Å². The predicted octanol–water partition coefficient (Wildman–Crippen LogP) is 7.79. The highest BCUT2D eigenvalue weighted by atomic mass is 16.5. The zero-order valence-electron chi connectivity index (χ0n) is 25.4. The molecule has 46 heavy (non-hydrogen) atoms. The first-order valence-corrected chi connectivity index (χ1v) is 15.3. The van der Waals surface area contributed by atoms with Crippen LogP contribution in [-0.4, -0.2) is 25.0 Å². The quantitative estimate of drug-likeness (QED) is 0.0761. The number of Topliss-reactive ketones (excluding diaryl/α,β-unsaturated/α-hetero) is 1. The highest BCUT2D eigenvalue weighted by Crippen LogP contribution is 2.37. The molecular weight excluding hydrogens is 580 g/mol. The third kappa shape index (κ3) is 8.00. The van der Waals surface area contributed by atoms with E-state index in [0.717, 1.165) is 40.8 Å². The van der Waals surface area contributed by atoms with E-state index in [9.17, 15) is 9.59 Å². The molecule has 0 aromatic heterocycles. The van der Waals surface area contributed by atoms with E-state index in [0.29, 0.717) is 17.9 Å². The third-order valence-corrected chi connectivity index (χ3v) is 7.50. The summed E-state index contributed by atoms with van der Waals surface area (Å²) in [7, 11) is 0. The summed E-state index contributed by atoms with van der Waals surface area (Å²) in [6, 6.07) is 37.4. The molecule has 0 N–H and O–H groups in total. The van der Waals surface area contributed by atoms with Crippen LogP contribution in [0.25, 0.3) is 0 Å². The molecule has 5 aromatic carbocycles. The van der Waals surface area contributed by atoms with E-state index in [1.54, 1.807) is 30.3 Å². The van der Waals surface area contributed by atoms with Gasteiger partial charge in [0.15, 0.2) is 5.78 Å². The molecule has 0 unspecified atom stereocenters. The molecule has 5 aromatic rings. The highest BCUT2D eigenvalue weighted by Gasteiger charge is 2.25. The minimum absolute atomic E-state index is 0.0286. The Bertz CT molecular complexity index is 1770. The highest BCUT2D eigenvalue weighted by molar-refractivity contribution is 6.04. The molecule has 232 valence electrons. The molecule has 0 aliphatic carbocycles. The van der Waals surface area contributed by atoms with Crippen LogP contribution in [0.1, 0.15) is 49.4 Å². The van der Waals surface area contributed by atoms with Crippen LogP contribution in [0.3, 0.4) is 0 Å². The average molecular weight is 615 g/mol. The molecule has 7 heteroatoms. The molecule has 7 nitrogen and oxygen atoms in total. The molecule has 0 saturated carbocycles. The topological polar surface area (TPSA) is 80.3 Å². The number of ketones is 1. The van der Waals surface area contributed by atoms with E-state index in [1.807, 2.05) is 91.0 Å². The Hall–Kier alpha value is -5.40. The van der Waals surface area contributed by atoms with Gasteiger partial charge in [-0.2, -0.15) is 0 Å². The second-order valence-electron chi connectivity index (χ2n) is 10.9. The molecular formula is C39H34O7. The van der Waals surface area contributed by atoms with Crippen molar-refractivity contribution in [2.24, 2.45) is 0 Å². The maximum atomic E-state index is 13.8. The van der Waals surface area contributed by atoms with E-state index < -0.39 is 11.8 Å². The zero-order valence-corrected chi connectivity index (χ0v) is 25.4. The number of hydrogen-bond acceptors (Lipinski definition) is 7. The van der Waals surface area contributed by atoms with Crippen molar-refractivity contribution < 1.29 is 33.3 Å². The van der Waals surface area contributed by atoms with Crippen molar-refractivity contribution in [2.75, 3.05) is 13.2 Å². The van der Waals surface area contributed by atoms with Gasteiger partial charge in [-0.15, -0.1) is 0 Å². The number of benzene rings is 5. The number of ether oxygens (including phenoxy) is 5. The summed E-state index contributed by atoms with van der Waals surface area (Å²) < 4.78 is 29.9. The predicted molar refractivity (Wildman–Crippen MR) is 174 cm³/mol. The lowest BCUT2D eigenvalue weighted by molar-refractivity contribution is 0.0699. The van der Waals surface area contributed by atoms with E-state index in [4.69, 9.17) is 23.7 Å². The molecule has 0 bridgehead atoms. The minimum Gasteiger partial charge on any atom is -0.493 e. The number of aryl methyl sites for hydroxylation is 1. The van der Waals surface area contributed by atoms with Crippen LogP contribution in [0.5, 0.6) is 23.0 Å². The largest absolute Gasteiger partial charge is 0.493 e. The normalized spacial score (nSPS) is 12.0. The van der Waals surface area contributed by atoms with Crippen molar-refractivity contribution in [3.8, 4) is 23.0 Å². The Kier molecular flexibility index (Phi) is 10.0. The summed E-state index contributed by atoms with van der Waals surface area (Å²) >= 11 is 0. The van der Waals surface area contributed by atoms with Crippen molar-refractivity contribution in [3.05, 3.63) is 155 Å². The van der Waals surface area contributed by atoms with Gasteiger partial charge in [0.05, 0.1) is 18.8 Å². The lowest BCUT2D eigenvalue weighted by atomic mass is 10.0. The molecule has 0 saturated heterocycles. The Morgan fingerprint density at radius 3 is 1.93 bits per heavy atom. The maximum absolute atomic E-state index is 13.8. The van der Waals surface area contributed by atoms with Gasteiger partial charge in [0.1, 0.15) is 48.4 Å². The molecule has 1 heterocycles. The monoisotopic (exact) mass is 614 g/mol. The Balaban J connectivity index is 1.32. The standard InChI is InChI=1S/C39H34O7/c40-34(27-42-24-28-11-4-1-5-12-28)38-36(45-26-30-15-8-3-9-16-30)22-33(44-25-29-13-6-2-7-14-29)23-37(38)46-39(41)32-18-19-35-31(21-32)17-10-20-43-35/h1-9,11-16,18-19,21-23H,10,17,20,24-27H2. The average Bonchev–Trinajstić information content (AvgIpc) is 3.11. The van der Waals surface area contributed by atoms with Crippen molar-refractivity contribution in [1.82, 2.24) is 0 Å². The van der Waals surface area contributed by atoms with Crippen molar-refractivity contribution in [1.29, 1.82) is 0 Å². The molecule has 0 radical (unpaired) electrons. The fraction of sp³-hybridized carbons (Fsp3) is 0.179. The number of hydrogen-bond donors (Lipinski definition) is 0. The van der Waals surface area contributed by atoms with Crippen molar-refractivity contribution in [3.63, 3.8) is 0 Å². The van der Waals surface area contributed by atoms with E-state index in [2.05, 4.69) is 0 Å². The lowest BCUT2D eigenvalue weighted by Crippen LogP contribution is -2.17. The summed E-state index contributed by atoms with van der Waals surface area (Å²) in [5.74, 6) is 0.403. The number of carbonyl (C=O) groups excluding carboxylic acids is 2. The minimum atomic E-state index is -0.609. The smallest absolute Gasteiger partial charge is 0.343 e. The number of fused-ring (bicyclic) bond motifs is 1. The molecule has 1 aliphatic rings. The van der Waals surface area contributed by atoms with Gasteiger partial charge in [0.2, 0.25) is 0 Å². The van der Waals surface area contributed by atoms with E-state index in [1.165, 1.54) is 0 Å². The molecule has 6 rings (SSSR count). The van der Waals surface area contributed by atoms with Crippen LogP contribution in [0.15, 0.2) is 121 Å².